The van der Waals surface area contributed by atoms with Gasteiger partial charge in [-0.25, -0.2) is 4.79 Å². The summed E-state index contributed by atoms with van der Waals surface area (Å²) in [5, 5.41) is 2.72. The number of ketones is 1. The first kappa shape index (κ1) is 20.2. The average molecular weight is 400 g/mol. The Morgan fingerprint density at radius 2 is 1.75 bits per heavy atom. The van der Waals surface area contributed by atoms with Gasteiger partial charge >= 0.3 is 12.1 Å². The molecule has 7 heteroatoms. The molecule has 0 aromatic heterocycles. The topological polar surface area (TPSA) is 81.7 Å². The van der Waals surface area contributed by atoms with E-state index in [1.54, 1.807) is 45.0 Å². The Morgan fingerprint density at radius 3 is 2.21 bits per heavy atom. The Hall–Kier alpha value is -1.89. The summed E-state index contributed by atoms with van der Waals surface area (Å²) in [6.45, 7) is 6.58. The second-order valence-corrected chi connectivity index (χ2v) is 6.80. The van der Waals surface area contributed by atoms with E-state index < -0.39 is 23.7 Å². The van der Waals surface area contributed by atoms with Gasteiger partial charge in [0.15, 0.2) is 5.78 Å². The lowest BCUT2D eigenvalue weighted by Gasteiger charge is -2.23. The molecule has 24 heavy (non-hydrogen) atoms. The van der Waals surface area contributed by atoms with Crippen LogP contribution in [0.4, 0.5) is 4.79 Å². The third-order valence-electron chi connectivity index (χ3n) is 2.84. The Balaban J connectivity index is 2.77. The van der Waals surface area contributed by atoms with Crippen LogP contribution < -0.4 is 10.1 Å². The smallest absolute Gasteiger partial charge is 0.408 e. The second kappa shape index (κ2) is 8.82. The highest BCUT2D eigenvalue weighted by Gasteiger charge is 2.23. The molecule has 0 radical (unpaired) electrons. The summed E-state index contributed by atoms with van der Waals surface area (Å²) in [7, 11) is 0. The highest BCUT2D eigenvalue weighted by Crippen LogP contribution is 2.15. The van der Waals surface area contributed by atoms with Gasteiger partial charge in [0.25, 0.3) is 0 Å². The molecule has 0 spiro atoms. The zero-order chi connectivity index (χ0) is 18.3. The fourth-order valence-electron chi connectivity index (χ4n) is 1.88. The first-order chi connectivity index (χ1) is 11.1. The van der Waals surface area contributed by atoms with Crippen LogP contribution in [0, 0.1) is 0 Å². The van der Waals surface area contributed by atoms with Crippen molar-refractivity contribution >= 4 is 33.8 Å². The van der Waals surface area contributed by atoms with Crippen molar-refractivity contribution in [2.75, 3.05) is 5.33 Å². The van der Waals surface area contributed by atoms with E-state index in [4.69, 9.17) is 9.47 Å². The van der Waals surface area contributed by atoms with Crippen LogP contribution in [0.5, 0.6) is 5.75 Å². The van der Waals surface area contributed by atoms with Crippen LogP contribution in [0.1, 0.15) is 33.3 Å². The molecule has 0 aliphatic carbocycles. The number of benzene rings is 1. The highest BCUT2D eigenvalue weighted by atomic mass is 79.9. The summed E-state index contributed by atoms with van der Waals surface area (Å²) in [6.07, 6.45) is -0.331. The minimum atomic E-state index is -0.709. The Bertz CT molecular complexity index is 592. The predicted molar refractivity (Wildman–Crippen MR) is 93.4 cm³/mol. The number of Topliss-reactive ketones (excluding diaryl/α,β-unsaturated/α-hetero) is 1. The van der Waals surface area contributed by atoms with Crippen LogP contribution in [0.2, 0.25) is 0 Å². The minimum absolute atomic E-state index is 0.124. The van der Waals surface area contributed by atoms with Crippen molar-refractivity contribution in [3.05, 3.63) is 29.8 Å². The summed E-state index contributed by atoms with van der Waals surface area (Å²) in [5.41, 5.74) is 0.180. The molecule has 1 atom stereocenters. The Kier molecular flexibility index (Phi) is 7.41. The fourth-order valence-corrected chi connectivity index (χ4v) is 2.27. The molecule has 1 aromatic carbocycles. The molecule has 0 saturated heterocycles. The normalized spacial score (nSPS) is 12.2. The van der Waals surface area contributed by atoms with E-state index in [1.165, 1.54) is 6.92 Å². The molecule has 0 fully saturated rings. The minimum Gasteiger partial charge on any atom is -0.444 e. The van der Waals surface area contributed by atoms with Gasteiger partial charge in [0.2, 0.25) is 0 Å². The Morgan fingerprint density at radius 1 is 1.17 bits per heavy atom. The largest absolute Gasteiger partial charge is 0.444 e. The Labute approximate surface area is 150 Å². The molecular formula is C17H22BrNO5. The van der Waals surface area contributed by atoms with Crippen LogP contribution in [0.25, 0.3) is 0 Å². The van der Waals surface area contributed by atoms with Crippen LogP contribution in [0.15, 0.2) is 24.3 Å². The van der Waals surface area contributed by atoms with E-state index >= 15 is 0 Å². The molecule has 0 aliphatic rings. The maximum atomic E-state index is 12.0. The number of alkyl carbamates (subject to hydrolysis) is 1. The lowest BCUT2D eigenvalue weighted by molar-refractivity contribution is -0.131. The maximum Gasteiger partial charge on any atom is 0.408 e. The van der Waals surface area contributed by atoms with E-state index in [9.17, 15) is 14.4 Å². The number of nitrogens with one attached hydrogen (secondary N) is 1. The van der Waals surface area contributed by atoms with Crippen molar-refractivity contribution < 1.29 is 23.9 Å². The summed E-state index contributed by atoms with van der Waals surface area (Å²) in [5.74, 6) is -0.138. The monoisotopic (exact) mass is 399 g/mol. The maximum absolute atomic E-state index is 12.0. The number of carbonyl (C=O) groups is 3. The number of ether oxygens (including phenoxy) is 2. The molecule has 0 aliphatic heterocycles. The van der Waals surface area contributed by atoms with E-state index in [0.29, 0.717) is 12.2 Å². The fraction of sp³-hybridized carbons (Fsp3) is 0.471. The van der Waals surface area contributed by atoms with Gasteiger partial charge < -0.3 is 14.8 Å². The van der Waals surface area contributed by atoms with Crippen molar-refractivity contribution in [3.63, 3.8) is 0 Å². The van der Waals surface area contributed by atoms with Crippen LogP contribution in [0.3, 0.4) is 0 Å². The number of amides is 1. The number of alkyl halides is 1. The zero-order valence-electron chi connectivity index (χ0n) is 14.2. The second-order valence-electron chi connectivity index (χ2n) is 6.24. The van der Waals surface area contributed by atoms with E-state index in [1.807, 2.05) is 0 Å². The van der Waals surface area contributed by atoms with E-state index in [2.05, 4.69) is 21.2 Å². The quantitative estimate of drug-likeness (QED) is 0.451. The molecule has 1 aromatic rings. The summed E-state index contributed by atoms with van der Waals surface area (Å²) < 4.78 is 10.1. The molecule has 0 unspecified atom stereocenters. The average Bonchev–Trinajstić information content (AvgIpc) is 2.45. The van der Waals surface area contributed by atoms with Gasteiger partial charge in [-0.3, -0.25) is 9.59 Å². The number of hydrogen-bond donors (Lipinski definition) is 1. The predicted octanol–water partition coefficient (Wildman–Crippen LogP) is 3.01. The number of rotatable bonds is 6. The van der Waals surface area contributed by atoms with Crippen LogP contribution in [-0.4, -0.2) is 34.8 Å². The van der Waals surface area contributed by atoms with Gasteiger partial charge in [-0.1, -0.05) is 28.1 Å². The molecule has 0 bridgehead atoms. The first-order valence-corrected chi connectivity index (χ1v) is 8.58. The summed E-state index contributed by atoms with van der Waals surface area (Å²) in [6, 6.07) is 6.05. The lowest BCUT2D eigenvalue weighted by Crippen LogP contribution is -2.45. The van der Waals surface area contributed by atoms with Gasteiger partial charge in [-0.2, -0.15) is 0 Å². The van der Waals surface area contributed by atoms with Crippen molar-refractivity contribution in [2.45, 2.75) is 45.8 Å². The highest BCUT2D eigenvalue weighted by molar-refractivity contribution is 9.09. The standard InChI is InChI=1S/C17H22BrNO5/c1-11(20)23-13-7-5-12(6-8-13)9-14(15(21)10-18)19-16(22)24-17(2,3)4/h5-8,14H,9-10H2,1-4H3,(H,19,22)/t14-/m0/s1. The van der Waals surface area contributed by atoms with Gasteiger partial charge in [0.1, 0.15) is 11.4 Å². The molecular weight excluding hydrogens is 378 g/mol. The van der Waals surface area contributed by atoms with Crippen molar-refractivity contribution in [2.24, 2.45) is 0 Å². The number of halogens is 1. The molecule has 0 heterocycles. The van der Waals surface area contributed by atoms with Crippen molar-refractivity contribution in [3.8, 4) is 5.75 Å². The summed E-state index contributed by atoms with van der Waals surface area (Å²) in [4.78, 5) is 34.8. The number of esters is 1. The molecule has 6 nitrogen and oxygen atoms in total. The van der Waals surface area contributed by atoms with Gasteiger partial charge in [-0.05, 0) is 44.9 Å². The van der Waals surface area contributed by atoms with Crippen molar-refractivity contribution in [1.82, 2.24) is 5.32 Å². The molecule has 1 amide bonds. The first-order valence-electron chi connectivity index (χ1n) is 7.46. The van der Waals surface area contributed by atoms with Crippen LogP contribution >= 0.6 is 15.9 Å². The molecule has 1 rings (SSSR count). The van der Waals surface area contributed by atoms with E-state index in [-0.39, 0.29) is 11.1 Å². The van der Waals surface area contributed by atoms with Gasteiger partial charge in [0, 0.05) is 6.92 Å². The molecule has 1 N–H and O–H groups in total. The van der Waals surface area contributed by atoms with Crippen molar-refractivity contribution in [1.29, 1.82) is 0 Å². The SMILES string of the molecule is CC(=O)Oc1ccc(C[C@H](NC(=O)OC(C)(C)C)C(=O)CBr)cc1. The molecule has 132 valence electrons. The zero-order valence-corrected chi connectivity index (χ0v) is 15.8. The number of hydrogen-bond acceptors (Lipinski definition) is 5. The number of carbonyl (C=O) groups excluding carboxylic acids is 3. The van der Waals surface area contributed by atoms with Gasteiger partial charge in [0.05, 0.1) is 11.4 Å². The lowest BCUT2D eigenvalue weighted by atomic mass is 10.0. The third-order valence-corrected chi connectivity index (χ3v) is 3.39. The summed E-state index contributed by atoms with van der Waals surface area (Å²) >= 11 is 3.12. The van der Waals surface area contributed by atoms with Gasteiger partial charge in [-0.15, -0.1) is 0 Å². The van der Waals surface area contributed by atoms with E-state index in [0.717, 1.165) is 5.56 Å². The molecule has 0 saturated carbocycles. The van der Waals surface area contributed by atoms with Crippen LogP contribution in [-0.2, 0) is 20.7 Å². The third kappa shape index (κ3) is 7.59.